The summed E-state index contributed by atoms with van der Waals surface area (Å²) in [4.78, 5) is 19.2. The van der Waals surface area contributed by atoms with Gasteiger partial charge in [-0.05, 0) is 49.9 Å². The second kappa shape index (κ2) is 8.43. The van der Waals surface area contributed by atoms with Gasteiger partial charge in [0.05, 0.1) is 5.92 Å². The van der Waals surface area contributed by atoms with Crippen molar-refractivity contribution in [3.05, 3.63) is 60.2 Å². The van der Waals surface area contributed by atoms with Gasteiger partial charge in [0.25, 0.3) is 0 Å². The normalized spacial score (nSPS) is 16.6. The first-order chi connectivity index (χ1) is 14.2. The first kappa shape index (κ1) is 19.1. The minimum atomic E-state index is -0.0639. The van der Waals surface area contributed by atoms with Crippen LogP contribution in [0.1, 0.15) is 31.2 Å². The molecule has 0 radical (unpaired) electrons. The van der Waals surface area contributed by atoms with E-state index in [1.807, 2.05) is 48.0 Å². The van der Waals surface area contributed by atoms with Gasteiger partial charge in [-0.1, -0.05) is 25.1 Å². The van der Waals surface area contributed by atoms with Gasteiger partial charge in [0.2, 0.25) is 5.91 Å². The van der Waals surface area contributed by atoms with Crippen molar-refractivity contribution in [1.29, 1.82) is 0 Å². The van der Waals surface area contributed by atoms with E-state index < -0.39 is 0 Å². The molecule has 1 fully saturated rings. The number of nitrogens with zero attached hydrogens (tertiary/aromatic N) is 5. The maximum absolute atomic E-state index is 12.9. The molecule has 1 aliphatic heterocycles. The lowest BCUT2D eigenvalue weighted by Crippen LogP contribution is -2.41. The van der Waals surface area contributed by atoms with Gasteiger partial charge in [-0.2, -0.15) is 0 Å². The van der Waals surface area contributed by atoms with Crippen molar-refractivity contribution >= 4 is 17.4 Å². The lowest BCUT2D eigenvalue weighted by atomic mass is 9.96. The Morgan fingerprint density at radius 3 is 2.69 bits per heavy atom. The molecular weight excluding hydrogens is 364 g/mol. The van der Waals surface area contributed by atoms with Gasteiger partial charge >= 0.3 is 0 Å². The summed E-state index contributed by atoms with van der Waals surface area (Å²) in [6, 6.07) is 11.9. The van der Waals surface area contributed by atoms with Crippen LogP contribution in [-0.2, 0) is 11.2 Å². The molecule has 7 nitrogen and oxygen atoms in total. The number of anilines is 2. The molecule has 3 aromatic rings. The monoisotopic (exact) mass is 390 g/mol. The molecule has 3 heterocycles. The predicted molar refractivity (Wildman–Crippen MR) is 113 cm³/mol. The standard InChI is InChI=1S/C22H26N6O/c1-3-17-7-4-5-9-19(17)24-22(29)18-8-6-13-27(15-18)20-10-11-21(26-25-20)28-14-12-23-16(28)2/h4-5,7,9-12,14,18H,3,6,8,13,15H2,1-2H3,(H,24,29). The Morgan fingerprint density at radius 2 is 1.97 bits per heavy atom. The highest BCUT2D eigenvalue weighted by Gasteiger charge is 2.27. The summed E-state index contributed by atoms with van der Waals surface area (Å²) < 4.78 is 1.90. The molecule has 1 saturated heterocycles. The van der Waals surface area contributed by atoms with E-state index in [9.17, 15) is 4.79 Å². The third-order valence-electron chi connectivity index (χ3n) is 5.48. The quantitative estimate of drug-likeness (QED) is 0.723. The number of aryl methyl sites for hydroxylation is 2. The van der Waals surface area contributed by atoms with Crippen LogP contribution >= 0.6 is 0 Å². The fourth-order valence-corrected chi connectivity index (χ4v) is 3.82. The minimum Gasteiger partial charge on any atom is -0.354 e. The summed E-state index contributed by atoms with van der Waals surface area (Å²) in [6.07, 6.45) is 6.35. The summed E-state index contributed by atoms with van der Waals surface area (Å²) in [5.74, 6) is 2.43. The Kier molecular flexibility index (Phi) is 5.55. The molecule has 1 unspecified atom stereocenters. The van der Waals surface area contributed by atoms with E-state index in [-0.39, 0.29) is 11.8 Å². The number of carbonyl (C=O) groups excluding carboxylic acids is 1. The second-order valence-electron chi connectivity index (χ2n) is 7.38. The van der Waals surface area contributed by atoms with E-state index in [0.29, 0.717) is 6.54 Å². The number of benzene rings is 1. The lowest BCUT2D eigenvalue weighted by molar-refractivity contribution is -0.120. The van der Waals surface area contributed by atoms with E-state index in [4.69, 9.17) is 0 Å². The van der Waals surface area contributed by atoms with Crippen molar-refractivity contribution in [3.63, 3.8) is 0 Å². The van der Waals surface area contributed by atoms with Crippen LogP contribution in [0.4, 0.5) is 11.5 Å². The summed E-state index contributed by atoms with van der Waals surface area (Å²) in [7, 11) is 0. The van der Waals surface area contributed by atoms with Crippen LogP contribution in [0.25, 0.3) is 5.82 Å². The van der Waals surface area contributed by atoms with Crippen molar-refractivity contribution in [1.82, 2.24) is 19.7 Å². The number of hydrogen-bond donors (Lipinski definition) is 1. The summed E-state index contributed by atoms with van der Waals surface area (Å²) >= 11 is 0. The van der Waals surface area contributed by atoms with Gasteiger partial charge in [0.1, 0.15) is 5.82 Å². The number of hydrogen-bond acceptors (Lipinski definition) is 5. The van der Waals surface area contributed by atoms with Crippen LogP contribution in [-0.4, -0.2) is 38.7 Å². The number of nitrogens with one attached hydrogen (secondary N) is 1. The molecule has 1 amide bonds. The Balaban J connectivity index is 1.44. The third kappa shape index (κ3) is 4.13. The van der Waals surface area contributed by atoms with Crippen molar-refractivity contribution in [2.75, 3.05) is 23.3 Å². The van der Waals surface area contributed by atoms with E-state index in [2.05, 4.69) is 38.4 Å². The molecule has 0 saturated carbocycles. The highest BCUT2D eigenvalue weighted by atomic mass is 16.1. The molecule has 29 heavy (non-hydrogen) atoms. The molecule has 7 heteroatoms. The first-order valence-electron chi connectivity index (χ1n) is 10.1. The number of imidazole rings is 1. The summed E-state index contributed by atoms with van der Waals surface area (Å²) in [5.41, 5.74) is 2.07. The molecule has 1 aromatic carbocycles. The topological polar surface area (TPSA) is 75.9 Å². The van der Waals surface area contributed by atoms with Gasteiger partial charge in [0, 0.05) is 31.2 Å². The second-order valence-corrected chi connectivity index (χ2v) is 7.38. The van der Waals surface area contributed by atoms with Gasteiger partial charge < -0.3 is 10.2 Å². The van der Waals surface area contributed by atoms with Crippen LogP contribution in [0.15, 0.2) is 48.8 Å². The van der Waals surface area contributed by atoms with E-state index in [0.717, 1.165) is 54.5 Å². The highest BCUT2D eigenvalue weighted by molar-refractivity contribution is 5.93. The Morgan fingerprint density at radius 1 is 1.17 bits per heavy atom. The van der Waals surface area contributed by atoms with Gasteiger partial charge in [-0.25, -0.2) is 4.98 Å². The molecule has 150 valence electrons. The first-order valence-corrected chi connectivity index (χ1v) is 10.1. The zero-order valence-electron chi connectivity index (χ0n) is 16.9. The molecule has 1 aliphatic rings. The number of amides is 1. The maximum atomic E-state index is 12.9. The molecule has 2 aromatic heterocycles. The molecular formula is C22H26N6O. The van der Waals surface area contributed by atoms with Crippen LogP contribution in [0.3, 0.4) is 0 Å². The van der Waals surface area contributed by atoms with E-state index in [1.165, 1.54) is 0 Å². The third-order valence-corrected chi connectivity index (χ3v) is 5.48. The smallest absolute Gasteiger partial charge is 0.229 e. The Hall–Kier alpha value is -3.22. The number of aromatic nitrogens is 4. The van der Waals surface area contributed by atoms with Gasteiger partial charge in [0.15, 0.2) is 11.6 Å². The predicted octanol–water partition coefficient (Wildman–Crippen LogP) is 3.39. The fourth-order valence-electron chi connectivity index (χ4n) is 3.82. The lowest BCUT2D eigenvalue weighted by Gasteiger charge is -2.32. The summed E-state index contributed by atoms with van der Waals surface area (Å²) in [6.45, 7) is 5.56. The number of para-hydroxylation sites is 1. The van der Waals surface area contributed by atoms with Gasteiger partial charge in [-0.15, -0.1) is 10.2 Å². The van der Waals surface area contributed by atoms with Crippen LogP contribution in [0.2, 0.25) is 0 Å². The van der Waals surface area contributed by atoms with Crippen molar-refractivity contribution < 1.29 is 4.79 Å². The molecule has 1 N–H and O–H groups in total. The summed E-state index contributed by atoms with van der Waals surface area (Å²) in [5, 5.41) is 11.9. The Bertz CT molecular complexity index is 981. The molecule has 4 rings (SSSR count). The van der Waals surface area contributed by atoms with E-state index in [1.54, 1.807) is 6.20 Å². The average molecular weight is 390 g/mol. The van der Waals surface area contributed by atoms with Crippen molar-refractivity contribution in [2.45, 2.75) is 33.1 Å². The molecule has 0 bridgehead atoms. The minimum absolute atomic E-state index is 0.0639. The van der Waals surface area contributed by atoms with Gasteiger partial charge in [-0.3, -0.25) is 9.36 Å². The molecule has 0 aliphatic carbocycles. The zero-order valence-corrected chi connectivity index (χ0v) is 16.9. The number of piperidine rings is 1. The highest BCUT2D eigenvalue weighted by Crippen LogP contribution is 2.24. The van der Waals surface area contributed by atoms with Crippen molar-refractivity contribution in [3.8, 4) is 5.82 Å². The fraction of sp³-hybridized carbons (Fsp3) is 0.364. The largest absolute Gasteiger partial charge is 0.354 e. The Labute approximate surface area is 170 Å². The average Bonchev–Trinajstić information content (AvgIpc) is 3.20. The van der Waals surface area contributed by atoms with Crippen LogP contribution in [0, 0.1) is 12.8 Å². The van der Waals surface area contributed by atoms with Crippen LogP contribution in [0.5, 0.6) is 0 Å². The number of rotatable bonds is 5. The maximum Gasteiger partial charge on any atom is 0.229 e. The van der Waals surface area contributed by atoms with E-state index >= 15 is 0 Å². The molecule has 0 spiro atoms. The molecule has 1 atom stereocenters. The zero-order chi connectivity index (χ0) is 20.2. The van der Waals surface area contributed by atoms with Crippen molar-refractivity contribution in [2.24, 2.45) is 5.92 Å². The SMILES string of the molecule is CCc1ccccc1NC(=O)C1CCCN(c2ccc(-n3ccnc3C)nn2)C1. The number of carbonyl (C=O) groups is 1. The van der Waals surface area contributed by atoms with Crippen LogP contribution < -0.4 is 10.2 Å².